The predicted molar refractivity (Wildman–Crippen MR) is 266 cm³/mol. The van der Waals surface area contributed by atoms with Gasteiger partial charge < -0.3 is 82.4 Å². The Hall–Kier alpha value is -1.10. The van der Waals surface area contributed by atoms with E-state index < -0.39 is 76.5 Å². The Labute approximate surface area is 460 Å². The largest absolute Gasteiger partial charge is 0.394 e. The standard InChI is InChI=1S/C23H44O10.C6H10O2.C5H8O2.C3H6O2.C3H6O.C2H6O.CHF3O3S.CHF3O2S2.Sn/c1-3-7-27-12-20(25)14-31-19(2)11-28-8-5-4-6-9-29-13-21(26)15-32-22(10-24)16-30-17-23-18-33-23;1-2-3-7-4-6-5-8-6;6-5-3-1-2-4-7-5;4-1-3-2-5-3;1-3-2-4-3;1-2-3;2*2-1(3,4)8(5,6)7;/h3,19-26H,1,4-18H2,2H3;2,6H,1,3-5H2;1-4H2;3-4H,1-2H2;3H,2H2,1H3;3H,2H2,1H3;2*(H,5,6,7);/q;;;;;;;;+2/p-2. The van der Waals surface area contributed by atoms with Gasteiger partial charge in [-0.3, -0.25) is 4.79 Å². The summed E-state index contributed by atoms with van der Waals surface area (Å²) >= 11 is -3.45. The summed E-state index contributed by atoms with van der Waals surface area (Å²) in [6, 6.07) is 0. The van der Waals surface area contributed by atoms with Crippen molar-refractivity contribution in [3.05, 3.63) is 25.3 Å². The summed E-state index contributed by atoms with van der Waals surface area (Å²) in [5.74, 6) is -0.0359. The number of aliphatic hydroxyl groups is 5. The number of unbranched alkanes of at least 4 members (excludes halogenated alkanes) is 2. The number of rotatable bonds is 34. The van der Waals surface area contributed by atoms with Crippen LogP contribution in [-0.4, -0.2) is 260 Å². The number of alkyl halides is 6. The summed E-state index contributed by atoms with van der Waals surface area (Å²) in [5.41, 5.74) is -11.5. The fourth-order valence-electron chi connectivity index (χ4n) is 4.20. The Morgan fingerprint density at radius 3 is 1.61 bits per heavy atom. The van der Waals surface area contributed by atoms with Crippen molar-refractivity contribution in [2.45, 2.75) is 119 Å². The molecule has 0 aromatic heterocycles. The number of carbonyl (C=O) groups excluding carboxylic acids is 1. The van der Waals surface area contributed by atoms with Gasteiger partial charge in [0.05, 0.1) is 125 Å². The SMILES string of the molecule is C=CCOCC(O)COC(C)COCCCCCOCC(O)COC(CO)COCC1CO1.C=CCOCC1CO1.CC1CO1.CCO.O=C1CCCCO1.O=S(=O)([O][Sn][S]S(=O)(=O)C(F)(F)F)C(F)(F)F.OCC1CO1. The van der Waals surface area contributed by atoms with Crippen LogP contribution >= 0.6 is 7.98 Å². The van der Waals surface area contributed by atoms with Crippen molar-refractivity contribution in [1.29, 1.82) is 0 Å². The quantitative estimate of drug-likeness (QED) is 0.00902. The van der Waals surface area contributed by atoms with E-state index in [9.17, 15) is 63.3 Å². The molecule has 8 atom stereocenters. The van der Waals surface area contributed by atoms with Gasteiger partial charge in [-0.05, 0) is 52.9 Å². The van der Waals surface area contributed by atoms with Gasteiger partial charge in [-0.25, -0.2) is 0 Å². The number of epoxide rings is 4. The van der Waals surface area contributed by atoms with Gasteiger partial charge in [-0.1, -0.05) is 12.2 Å². The van der Waals surface area contributed by atoms with Crippen LogP contribution in [0, 0.1) is 0 Å². The Bertz CT molecular complexity index is 1610. The Morgan fingerprint density at radius 2 is 1.21 bits per heavy atom. The van der Waals surface area contributed by atoms with Crippen molar-refractivity contribution < 1.29 is 133 Å². The number of hydrogen-bond acceptors (Lipinski definition) is 24. The van der Waals surface area contributed by atoms with Gasteiger partial charge in [-0.15, -0.1) is 13.2 Å². The van der Waals surface area contributed by atoms with Gasteiger partial charge in [0.1, 0.15) is 36.6 Å². The number of carbonyl (C=O) groups is 1. The third-order valence-electron chi connectivity index (χ3n) is 8.54. The number of cyclic esters (lactones) is 1. The van der Waals surface area contributed by atoms with Gasteiger partial charge in [-0.2, -0.15) is 0 Å². The zero-order chi connectivity index (χ0) is 58.6. The predicted octanol–water partition coefficient (Wildman–Crippen LogP) is 2.36. The van der Waals surface area contributed by atoms with Crippen LogP contribution in [-0.2, 0) is 83.1 Å². The normalized spacial score (nSPS) is 20.6. The second kappa shape index (κ2) is 47.4. The molecule has 5 heterocycles. The van der Waals surface area contributed by atoms with Crippen LogP contribution in [0.4, 0.5) is 26.3 Å². The van der Waals surface area contributed by atoms with Crippen molar-refractivity contribution >= 4 is 53.1 Å². The minimum absolute atomic E-state index is 0.0359. The van der Waals surface area contributed by atoms with Crippen LogP contribution in [0.2, 0.25) is 0 Å². The van der Waals surface area contributed by atoms with Crippen molar-refractivity contribution in [3.63, 3.8) is 0 Å². The molecule has 5 aliphatic heterocycles. The Morgan fingerprint density at radius 1 is 0.714 bits per heavy atom. The van der Waals surface area contributed by atoms with Crippen LogP contribution in [0.15, 0.2) is 25.3 Å². The third kappa shape index (κ3) is 52.7. The van der Waals surface area contributed by atoms with Crippen LogP contribution in [0.3, 0.4) is 0 Å². The molecular weight excluding hydrogens is 1230 g/mol. The second-order valence-corrected chi connectivity index (χ2v) is 28.4. The van der Waals surface area contributed by atoms with Gasteiger partial charge in [0.2, 0.25) is 0 Å². The van der Waals surface area contributed by atoms with E-state index in [1.165, 1.54) is 0 Å². The molecule has 0 aromatic rings. The first-order valence-electron chi connectivity index (χ1n) is 24.2. The van der Waals surface area contributed by atoms with Crippen LogP contribution in [0.5, 0.6) is 0 Å². The molecule has 2 radical (unpaired) electrons. The molecule has 5 saturated heterocycles. The zero-order valence-corrected chi connectivity index (χ0v) is 49.0. The van der Waals surface area contributed by atoms with E-state index in [0.717, 1.165) is 65.1 Å². The van der Waals surface area contributed by atoms with E-state index >= 15 is 0 Å². The number of aliphatic hydroxyl groups excluding tert-OH is 5. The number of ether oxygens (including phenoxy) is 12. The Kier molecular flexibility index (Phi) is 48.0. The smallest absolute Gasteiger partial charge is 0.104 e. The van der Waals surface area contributed by atoms with Gasteiger partial charge in [0, 0.05) is 26.2 Å². The number of halogens is 6. The van der Waals surface area contributed by atoms with E-state index in [1.807, 2.05) is 6.92 Å². The zero-order valence-electron chi connectivity index (χ0n) is 43.6. The number of esters is 1. The summed E-state index contributed by atoms with van der Waals surface area (Å²) in [6.45, 7) is 21.9. The maximum absolute atomic E-state index is 11.7. The maximum atomic E-state index is 11.7. The molecule has 0 aliphatic carbocycles. The number of hydrogen-bond donors (Lipinski definition) is 5. The summed E-state index contributed by atoms with van der Waals surface area (Å²) < 4.78 is 176. The molecule has 77 heavy (non-hydrogen) atoms. The van der Waals surface area contributed by atoms with Gasteiger partial charge in [0.15, 0.2) is 0 Å². The topological polar surface area (TPSA) is 320 Å². The van der Waals surface area contributed by atoms with Crippen molar-refractivity contribution in [2.24, 2.45) is 0 Å². The molecule has 23 nitrogen and oxygen atoms in total. The van der Waals surface area contributed by atoms with Crippen LogP contribution in [0.1, 0.15) is 59.3 Å². The molecule has 0 bridgehead atoms. The van der Waals surface area contributed by atoms with Crippen molar-refractivity contribution in [3.8, 4) is 0 Å². The summed E-state index contributed by atoms with van der Waals surface area (Å²) in [7, 11) is -12.7. The molecule has 458 valence electrons. The average Bonchev–Trinajstić information content (AvgIpc) is 4.13. The minimum atomic E-state index is -6.04. The van der Waals surface area contributed by atoms with Crippen LogP contribution in [0.25, 0.3) is 0 Å². The molecule has 8 unspecified atom stereocenters. The molecule has 5 N–H and O–H groups in total. The molecule has 5 aliphatic rings. The molecule has 0 aromatic carbocycles. The van der Waals surface area contributed by atoms with E-state index in [4.69, 9.17) is 57.6 Å². The van der Waals surface area contributed by atoms with E-state index in [0.29, 0.717) is 64.9 Å². The molecule has 0 saturated carbocycles. The Balaban J connectivity index is 0. The maximum Gasteiger partial charge on any atom is 0.104 e. The summed E-state index contributed by atoms with van der Waals surface area (Å²) in [6.07, 6.45) is 8.15. The monoisotopic (exact) mass is 1310 g/mol. The molecule has 0 spiro atoms. The third-order valence-corrected chi connectivity index (χ3v) is 22.9. The van der Waals surface area contributed by atoms with E-state index in [-0.39, 0.29) is 77.1 Å². The first-order chi connectivity index (χ1) is 36.3. The van der Waals surface area contributed by atoms with Gasteiger partial charge in [0.25, 0.3) is 0 Å². The molecule has 0 amide bonds. The fraction of sp³-hybridized carbons (Fsp3) is 0.886. The first kappa shape index (κ1) is 78.0. The molecule has 5 fully saturated rings. The van der Waals surface area contributed by atoms with Gasteiger partial charge >= 0.3 is 110 Å². The second-order valence-electron chi connectivity index (χ2n) is 16.2. The summed E-state index contributed by atoms with van der Waals surface area (Å²) in [5, 5.41) is 44.6. The van der Waals surface area contributed by atoms with Crippen molar-refractivity contribution in [1.82, 2.24) is 0 Å². The first-order valence-corrected chi connectivity index (χ1v) is 33.1. The van der Waals surface area contributed by atoms with E-state index in [1.54, 1.807) is 19.1 Å². The van der Waals surface area contributed by atoms with Crippen LogP contribution < -0.4 is 0 Å². The fourth-order valence-corrected chi connectivity index (χ4v) is 15.7. The van der Waals surface area contributed by atoms with Crippen molar-refractivity contribution in [2.75, 3.05) is 132 Å². The molecule has 33 heteroatoms. The minimum Gasteiger partial charge on any atom is -0.394 e. The average molecular weight is 1310 g/mol. The van der Waals surface area contributed by atoms with E-state index in [2.05, 4.69) is 32.1 Å². The molecular formula is C44H80F6O23S3Sn. The molecule has 5 rings (SSSR count). The summed E-state index contributed by atoms with van der Waals surface area (Å²) in [4.78, 5) is 10.2.